The van der Waals surface area contributed by atoms with Gasteiger partial charge < -0.3 is 19.3 Å². The Kier molecular flexibility index (Phi) is 4.46. The molecule has 4 heterocycles. The number of carbonyl (C=O) groups is 1. The van der Waals surface area contributed by atoms with Crippen LogP contribution in [-0.2, 0) is 4.79 Å². The zero-order valence-electron chi connectivity index (χ0n) is 15.0. The van der Waals surface area contributed by atoms with E-state index in [9.17, 15) is 4.79 Å². The number of nitrogens with zero attached hydrogens (tertiary/aromatic N) is 3. The highest BCUT2D eigenvalue weighted by Crippen LogP contribution is 2.33. The Labute approximate surface area is 165 Å². The van der Waals surface area contributed by atoms with E-state index in [1.54, 1.807) is 17.4 Å². The van der Waals surface area contributed by atoms with E-state index in [0.717, 1.165) is 18.7 Å². The Bertz CT molecular complexity index is 982. The molecule has 2 aliphatic rings. The van der Waals surface area contributed by atoms with Crippen LogP contribution in [0.15, 0.2) is 39.5 Å². The average molecular weight is 398 g/mol. The monoisotopic (exact) mass is 398 g/mol. The number of rotatable bonds is 5. The molecule has 8 nitrogen and oxygen atoms in total. The number of carbonyl (C=O) groups excluding carboxylic acids is 1. The summed E-state index contributed by atoms with van der Waals surface area (Å²) in [6.07, 6.45) is 0. The Morgan fingerprint density at radius 3 is 2.89 bits per heavy atom. The highest BCUT2D eigenvalue weighted by molar-refractivity contribution is 7.08. The fourth-order valence-electron chi connectivity index (χ4n) is 3.29. The van der Waals surface area contributed by atoms with Crippen LogP contribution < -0.4 is 14.8 Å². The molecule has 0 atom stereocenters. The second kappa shape index (κ2) is 7.25. The van der Waals surface area contributed by atoms with Gasteiger partial charge in [0.2, 0.25) is 17.6 Å². The number of hydrogen-bond acceptors (Lipinski definition) is 8. The van der Waals surface area contributed by atoms with Gasteiger partial charge in [0.1, 0.15) is 13.2 Å². The molecule has 0 saturated carbocycles. The van der Waals surface area contributed by atoms with Gasteiger partial charge in [-0.05, 0) is 23.6 Å². The van der Waals surface area contributed by atoms with Gasteiger partial charge in [-0.2, -0.15) is 16.3 Å². The molecule has 0 radical (unpaired) electrons. The van der Waals surface area contributed by atoms with Gasteiger partial charge in [-0.25, -0.2) is 0 Å². The van der Waals surface area contributed by atoms with Crippen LogP contribution in [0.2, 0.25) is 0 Å². The van der Waals surface area contributed by atoms with Crippen LogP contribution in [0, 0.1) is 0 Å². The Morgan fingerprint density at radius 1 is 1.21 bits per heavy atom. The van der Waals surface area contributed by atoms with Crippen LogP contribution in [0.25, 0.3) is 11.4 Å². The highest BCUT2D eigenvalue weighted by Gasteiger charge is 2.33. The molecule has 9 heteroatoms. The number of benzene rings is 1. The summed E-state index contributed by atoms with van der Waals surface area (Å²) in [7, 11) is 0. The number of aromatic nitrogens is 2. The average Bonchev–Trinajstić information content (AvgIpc) is 3.36. The number of amides is 1. The molecule has 3 aromatic rings. The fraction of sp³-hybridized carbons (Fsp3) is 0.316. The predicted molar refractivity (Wildman–Crippen MR) is 103 cm³/mol. The van der Waals surface area contributed by atoms with E-state index < -0.39 is 0 Å². The van der Waals surface area contributed by atoms with Crippen molar-refractivity contribution in [2.24, 2.45) is 0 Å². The maximum absolute atomic E-state index is 12.3. The summed E-state index contributed by atoms with van der Waals surface area (Å²) in [6, 6.07) is 7.38. The molecule has 1 aromatic carbocycles. The summed E-state index contributed by atoms with van der Waals surface area (Å²) in [4.78, 5) is 18.8. The van der Waals surface area contributed by atoms with Crippen molar-refractivity contribution < 1.29 is 18.8 Å². The first kappa shape index (κ1) is 17.2. The summed E-state index contributed by atoms with van der Waals surface area (Å²) < 4.78 is 16.4. The number of thiophene rings is 1. The van der Waals surface area contributed by atoms with Crippen molar-refractivity contribution in [2.75, 3.05) is 38.2 Å². The maximum atomic E-state index is 12.3. The number of hydrogen-bond donors (Lipinski definition) is 1. The molecule has 1 amide bonds. The maximum Gasteiger partial charge on any atom is 0.238 e. The standard InChI is InChI=1S/C19H18N4O4S/c24-17(20-14-1-2-15-16(7-14)26-5-4-25-15)10-23-8-13(9-23)19-21-18(22-27-19)12-3-6-28-11-12/h1-3,6-7,11,13H,4-5,8-10H2,(H,20,24). The van der Waals surface area contributed by atoms with Crippen molar-refractivity contribution in [1.82, 2.24) is 15.0 Å². The van der Waals surface area contributed by atoms with Gasteiger partial charge >= 0.3 is 0 Å². The molecule has 0 unspecified atom stereocenters. The summed E-state index contributed by atoms with van der Waals surface area (Å²) >= 11 is 1.60. The minimum absolute atomic E-state index is 0.0698. The molecule has 0 spiro atoms. The van der Waals surface area contributed by atoms with Crippen LogP contribution in [-0.4, -0.2) is 53.8 Å². The number of likely N-dealkylation sites (tertiary alicyclic amines) is 1. The van der Waals surface area contributed by atoms with Crippen molar-refractivity contribution >= 4 is 22.9 Å². The van der Waals surface area contributed by atoms with Crippen molar-refractivity contribution in [2.45, 2.75) is 5.92 Å². The van der Waals surface area contributed by atoms with Crippen LogP contribution in [0.5, 0.6) is 11.5 Å². The molecule has 28 heavy (non-hydrogen) atoms. The van der Waals surface area contributed by atoms with Crippen molar-refractivity contribution in [3.05, 3.63) is 40.9 Å². The fourth-order valence-corrected chi connectivity index (χ4v) is 3.92. The van der Waals surface area contributed by atoms with E-state index in [-0.39, 0.29) is 11.8 Å². The molecule has 1 saturated heterocycles. The smallest absolute Gasteiger partial charge is 0.238 e. The second-order valence-electron chi connectivity index (χ2n) is 6.77. The van der Waals surface area contributed by atoms with Crippen molar-refractivity contribution in [3.63, 3.8) is 0 Å². The minimum Gasteiger partial charge on any atom is -0.486 e. The lowest BCUT2D eigenvalue weighted by molar-refractivity contribution is -0.118. The first-order chi connectivity index (χ1) is 13.7. The Balaban J connectivity index is 1.13. The van der Waals surface area contributed by atoms with E-state index in [2.05, 4.69) is 15.5 Å². The van der Waals surface area contributed by atoms with Crippen LogP contribution in [0.3, 0.4) is 0 Å². The first-order valence-electron chi connectivity index (χ1n) is 9.02. The number of nitrogens with one attached hydrogen (secondary N) is 1. The quantitative estimate of drug-likeness (QED) is 0.706. The number of anilines is 1. The van der Waals surface area contributed by atoms with Crippen LogP contribution in [0.4, 0.5) is 5.69 Å². The third-order valence-corrected chi connectivity index (χ3v) is 5.40. The zero-order valence-corrected chi connectivity index (χ0v) is 15.8. The summed E-state index contributed by atoms with van der Waals surface area (Å²) in [5.41, 5.74) is 1.67. The number of ether oxygens (including phenoxy) is 2. The highest BCUT2D eigenvalue weighted by atomic mass is 32.1. The topological polar surface area (TPSA) is 89.7 Å². The molecule has 1 fully saturated rings. The van der Waals surface area contributed by atoms with Gasteiger partial charge in [-0.3, -0.25) is 9.69 Å². The second-order valence-corrected chi connectivity index (χ2v) is 7.55. The normalized spacial score (nSPS) is 16.6. The van der Waals surface area contributed by atoms with Gasteiger partial charge in [0.05, 0.1) is 12.5 Å². The molecule has 0 aliphatic carbocycles. The van der Waals surface area contributed by atoms with Crippen molar-refractivity contribution in [1.29, 1.82) is 0 Å². The SMILES string of the molecule is O=C(CN1CC(c2nc(-c3ccsc3)no2)C1)Nc1ccc2c(c1)OCCO2. The van der Waals surface area contributed by atoms with E-state index in [0.29, 0.717) is 48.7 Å². The lowest BCUT2D eigenvalue weighted by atomic mass is 10.0. The molecule has 1 N–H and O–H groups in total. The Morgan fingerprint density at radius 2 is 2.07 bits per heavy atom. The molecular formula is C19H18N4O4S. The molecule has 144 valence electrons. The minimum atomic E-state index is -0.0698. The van der Waals surface area contributed by atoms with Crippen molar-refractivity contribution in [3.8, 4) is 22.9 Å². The predicted octanol–water partition coefficient (Wildman–Crippen LogP) is 2.61. The first-order valence-corrected chi connectivity index (χ1v) is 9.97. The van der Waals surface area contributed by atoms with Gasteiger partial charge in [0, 0.05) is 35.8 Å². The van der Waals surface area contributed by atoms with Gasteiger partial charge in [-0.15, -0.1) is 0 Å². The summed E-state index contributed by atoms with van der Waals surface area (Å²) in [6.45, 7) is 2.82. The molecule has 2 aromatic heterocycles. The zero-order chi connectivity index (χ0) is 18.9. The summed E-state index contributed by atoms with van der Waals surface area (Å²) in [5.74, 6) is 2.71. The number of fused-ring (bicyclic) bond motifs is 1. The lowest BCUT2D eigenvalue weighted by Crippen LogP contribution is -2.48. The molecular weight excluding hydrogens is 380 g/mol. The Hall–Kier alpha value is -2.91. The van der Waals surface area contributed by atoms with Gasteiger partial charge in [0.15, 0.2) is 11.5 Å². The molecule has 5 rings (SSSR count). The van der Waals surface area contributed by atoms with E-state index >= 15 is 0 Å². The van der Waals surface area contributed by atoms with E-state index in [1.807, 2.05) is 33.9 Å². The lowest BCUT2D eigenvalue weighted by Gasteiger charge is -2.36. The molecule has 2 aliphatic heterocycles. The van der Waals surface area contributed by atoms with E-state index in [1.165, 1.54) is 0 Å². The van der Waals surface area contributed by atoms with Gasteiger partial charge in [-0.1, -0.05) is 5.16 Å². The van der Waals surface area contributed by atoms with Gasteiger partial charge in [0.25, 0.3) is 0 Å². The van der Waals surface area contributed by atoms with Crippen LogP contribution in [0.1, 0.15) is 11.8 Å². The van der Waals surface area contributed by atoms with E-state index in [4.69, 9.17) is 14.0 Å². The molecule has 0 bridgehead atoms. The van der Waals surface area contributed by atoms with Crippen LogP contribution >= 0.6 is 11.3 Å². The third kappa shape index (κ3) is 3.46. The largest absolute Gasteiger partial charge is 0.486 e. The third-order valence-electron chi connectivity index (χ3n) is 4.72. The summed E-state index contributed by atoms with van der Waals surface area (Å²) in [5, 5.41) is 10.9.